The Labute approximate surface area is 173 Å². The number of hydrogen-bond acceptors (Lipinski definition) is 4. The maximum atomic E-state index is 12.6. The molecule has 0 atom stereocenters. The number of benzene rings is 2. The third-order valence-electron chi connectivity index (χ3n) is 3.86. The molecule has 0 heterocycles. The van der Waals surface area contributed by atoms with Gasteiger partial charge in [-0.2, -0.15) is 0 Å². The SMILES string of the molecule is CC(C)C(=O)Nc1cccc(NC(=O)c2ccc(Br)c(S(=O)(=O)N(C)C)c2)c1. The molecule has 2 aromatic rings. The van der Waals surface area contributed by atoms with E-state index in [-0.39, 0.29) is 22.3 Å². The van der Waals surface area contributed by atoms with Crippen molar-refractivity contribution in [2.24, 2.45) is 5.92 Å². The number of amides is 2. The Morgan fingerprint density at radius 2 is 1.61 bits per heavy atom. The largest absolute Gasteiger partial charge is 0.326 e. The number of hydrogen-bond donors (Lipinski definition) is 2. The normalized spacial score (nSPS) is 11.5. The number of sulfonamides is 1. The van der Waals surface area contributed by atoms with E-state index in [9.17, 15) is 18.0 Å². The van der Waals surface area contributed by atoms with Gasteiger partial charge in [0.1, 0.15) is 0 Å². The van der Waals surface area contributed by atoms with Crippen LogP contribution < -0.4 is 10.6 Å². The van der Waals surface area contributed by atoms with Crippen molar-refractivity contribution in [3.8, 4) is 0 Å². The zero-order valence-electron chi connectivity index (χ0n) is 16.0. The van der Waals surface area contributed by atoms with Crippen molar-refractivity contribution < 1.29 is 18.0 Å². The molecule has 0 fully saturated rings. The van der Waals surface area contributed by atoms with Crippen molar-refractivity contribution in [2.75, 3.05) is 24.7 Å². The van der Waals surface area contributed by atoms with Gasteiger partial charge in [0, 0.05) is 41.4 Å². The third kappa shape index (κ3) is 5.18. The first-order chi connectivity index (χ1) is 13.0. The van der Waals surface area contributed by atoms with E-state index in [0.29, 0.717) is 15.8 Å². The lowest BCUT2D eigenvalue weighted by atomic mass is 10.2. The predicted molar refractivity (Wildman–Crippen MR) is 113 cm³/mol. The lowest BCUT2D eigenvalue weighted by Crippen LogP contribution is -2.23. The second-order valence-corrected chi connectivity index (χ2v) is 9.59. The molecule has 150 valence electrons. The molecule has 2 rings (SSSR count). The molecule has 0 aliphatic heterocycles. The molecule has 7 nitrogen and oxygen atoms in total. The van der Waals surface area contributed by atoms with Crippen molar-refractivity contribution in [1.82, 2.24) is 4.31 Å². The van der Waals surface area contributed by atoms with Gasteiger partial charge in [0.05, 0.1) is 4.90 Å². The fourth-order valence-electron chi connectivity index (χ4n) is 2.20. The summed E-state index contributed by atoms with van der Waals surface area (Å²) in [5.41, 5.74) is 1.23. The molecule has 2 amide bonds. The quantitative estimate of drug-likeness (QED) is 0.678. The number of carbonyl (C=O) groups is 2. The molecule has 0 saturated heterocycles. The van der Waals surface area contributed by atoms with Crippen LogP contribution in [0.1, 0.15) is 24.2 Å². The third-order valence-corrected chi connectivity index (χ3v) is 6.67. The number of rotatable bonds is 6. The van der Waals surface area contributed by atoms with Crippen LogP contribution >= 0.6 is 15.9 Å². The van der Waals surface area contributed by atoms with Crippen LogP contribution in [0.3, 0.4) is 0 Å². The molecular formula is C19H22BrN3O4S. The Kier molecular flexibility index (Phi) is 6.97. The minimum Gasteiger partial charge on any atom is -0.326 e. The first-order valence-corrected chi connectivity index (χ1v) is 10.7. The van der Waals surface area contributed by atoms with E-state index < -0.39 is 15.9 Å². The van der Waals surface area contributed by atoms with Gasteiger partial charge in [-0.25, -0.2) is 12.7 Å². The van der Waals surface area contributed by atoms with Crippen LogP contribution in [-0.4, -0.2) is 38.6 Å². The van der Waals surface area contributed by atoms with E-state index in [0.717, 1.165) is 4.31 Å². The zero-order valence-corrected chi connectivity index (χ0v) is 18.4. The van der Waals surface area contributed by atoms with Crippen LogP contribution in [0.25, 0.3) is 0 Å². The van der Waals surface area contributed by atoms with Crippen molar-refractivity contribution >= 4 is 49.1 Å². The molecule has 0 aliphatic rings. The Bertz CT molecular complexity index is 1000. The molecule has 0 unspecified atom stereocenters. The molecule has 0 bridgehead atoms. The van der Waals surface area contributed by atoms with Crippen molar-refractivity contribution in [3.63, 3.8) is 0 Å². The van der Waals surface area contributed by atoms with E-state index in [1.54, 1.807) is 38.1 Å². The first kappa shape index (κ1) is 22.1. The van der Waals surface area contributed by atoms with Crippen LogP contribution in [0.4, 0.5) is 11.4 Å². The zero-order chi connectivity index (χ0) is 21.1. The summed E-state index contributed by atoms with van der Waals surface area (Å²) in [4.78, 5) is 24.4. The molecule has 0 aromatic heterocycles. The monoisotopic (exact) mass is 467 g/mol. The summed E-state index contributed by atoms with van der Waals surface area (Å²) in [7, 11) is -0.862. The number of nitrogens with one attached hydrogen (secondary N) is 2. The molecule has 2 N–H and O–H groups in total. The highest BCUT2D eigenvalue weighted by Gasteiger charge is 2.22. The average molecular weight is 468 g/mol. The van der Waals surface area contributed by atoms with Gasteiger partial charge in [-0.15, -0.1) is 0 Å². The predicted octanol–water partition coefficient (Wildman–Crippen LogP) is 3.55. The maximum absolute atomic E-state index is 12.6. The minimum atomic E-state index is -3.71. The van der Waals surface area contributed by atoms with Gasteiger partial charge in [-0.05, 0) is 52.3 Å². The summed E-state index contributed by atoms with van der Waals surface area (Å²) in [6.07, 6.45) is 0. The van der Waals surface area contributed by atoms with Gasteiger partial charge in [0.25, 0.3) is 5.91 Å². The minimum absolute atomic E-state index is 0.00287. The molecule has 28 heavy (non-hydrogen) atoms. The summed E-state index contributed by atoms with van der Waals surface area (Å²) in [6, 6.07) is 11.1. The van der Waals surface area contributed by atoms with Crippen LogP contribution in [0.2, 0.25) is 0 Å². The van der Waals surface area contributed by atoms with Gasteiger partial charge < -0.3 is 10.6 Å². The van der Waals surface area contributed by atoms with Crippen LogP contribution in [0.5, 0.6) is 0 Å². The van der Waals surface area contributed by atoms with E-state index in [1.807, 2.05) is 0 Å². The summed E-state index contributed by atoms with van der Waals surface area (Å²) >= 11 is 3.22. The first-order valence-electron chi connectivity index (χ1n) is 8.46. The van der Waals surface area contributed by atoms with Crippen LogP contribution in [-0.2, 0) is 14.8 Å². The highest BCUT2D eigenvalue weighted by atomic mass is 79.9. The highest BCUT2D eigenvalue weighted by Crippen LogP contribution is 2.26. The maximum Gasteiger partial charge on any atom is 0.255 e. The number of anilines is 2. The Morgan fingerprint density at radius 3 is 2.18 bits per heavy atom. The van der Waals surface area contributed by atoms with Gasteiger partial charge in [0.15, 0.2) is 0 Å². The molecule has 0 aliphatic carbocycles. The fraction of sp³-hybridized carbons (Fsp3) is 0.263. The van der Waals surface area contributed by atoms with Gasteiger partial charge in [-0.3, -0.25) is 9.59 Å². The van der Waals surface area contributed by atoms with E-state index >= 15 is 0 Å². The van der Waals surface area contributed by atoms with Crippen molar-refractivity contribution in [3.05, 3.63) is 52.5 Å². The molecule has 0 saturated carbocycles. The number of halogens is 1. The fourth-order valence-corrected chi connectivity index (χ4v) is 4.05. The van der Waals surface area contributed by atoms with Crippen LogP contribution in [0, 0.1) is 5.92 Å². The topological polar surface area (TPSA) is 95.6 Å². The van der Waals surface area contributed by atoms with E-state index in [1.165, 1.54) is 32.3 Å². The van der Waals surface area contributed by atoms with Gasteiger partial charge >= 0.3 is 0 Å². The van der Waals surface area contributed by atoms with Crippen molar-refractivity contribution in [1.29, 1.82) is 0 Å². The molecule has 9 heteroatoms. The second kappa shape index (κ2) is 8.85. The smallest absolute Gasteiger partial charge is 0.255 e. The average Bonchev–Trinajstić information content (AvgIpc) is 2.61. The molecule has 0 radical (unpaired) electrons. The Balaban J connectivity index is 2.26. The van der Waals surface area contributed by atoms with E-state index in [4.69, 9.17) is 0 Å². The van der Waals surface area contributed by atoms with Crippen molar-refractivity contribution in [2.45, 2.75) is 18.7 Å². The summed E-state index contributed by atoms with van der Waals surface area (Å²) in [5.74, 6) is -0.761. The summed E-state index contributed by atoms with van der Waals surface area (Å²) < 4.78 is 26.3. The summed E-state index contributed by atoms with van der Waals surface area (Å²) in [5, 5.41) is 5.48. The Morgan fingerprint density at radius 1 is 1.00 bits per heavy atom. The molecule has 0 spiro atoms. The number of carbonyl (C=O) groups excluding carboxylic acids is 2. The lowest BCUT2D eigenvalue weighted by Gasteiger charge is -2.14. The van der Waals surface area contributed by atoms with Gasteiger partial charge in [-0.1, -0.05) is 19.9 Å². The lowest BCUT2D eigenvalue weighted by molar-refractivity contribution is -0.118. The van der Waals surface area contributed by atoms with Gasteiger partial charge in [0.2, 0.25) is 15.9 Å². The highest BCUT2D eigenvalue weighted by molar-refractivity contribution is 9.10. The Hall–Kier alpha value is -2.23. The standard InChI is InChI=1S/C19H22BrN3O4S/c1-12(2)18(24)21-14-6-5-7-15(11-14)22-19(25)13-8-9-16(20)17(10-13)28(26,27)23(3)4/h5-12H,1-4H3,(H,21,24)(H,22,25). The molecule has 2 aromatic carbocycles. The second-order valence-electron chi connectivity index (χ2n) is 6.61. The van der Waals surface area contributed by atoms with Crippen LogP contribution in [0.15, 0.2) is 51.8 Å². The molecular weight excluding hydrogens is 446 g/mol. The number of nitrogens with zero attached hydrogens (tertiary/aromatic N) is 1. The van der Waals surface area contributed by atoms with E-state index in [2.05, 4.69) is 26.6 Å². The summed E-state index contributed by atoms with van der Waals surface area (Å²) in [6.45, 7) is 3.57.